The molecule has 108 valence electrons. The van der Waals surface area contributed by atoms with Gasteiger partial charge in [-0.15, -0.1) is 0 Å². The second-order valence-electron chi connectivity index (χ2n) is 7.75. The van der Waals surface area contributed by atoms with Gasteiger partial charge in [0.15, 0.2) is 0 Å². The molecule has 4 rings (SSSR count). The van der Waals surface area contributed by atoms with Gasteiger partial charge in [0.05, 0.1) is 0 Å². The Kier molecular flexibility index (Phi) is 2.97. The number of likely N-dealkylation sites (N-methyl/N-ethyl adjacent to an activating group) is 1. The van der Waals surface area contributed by atoms with Crippen molar-refractivity contribution >= 4 is 5.97 Å². The van der Waals surface area contributed by atoms with E-state index < -0.39 is 11.5 Å². The molecular weight excluding hydrogens is 238 g/mol. The molecule has 0 aromatic heterocycles. The molecule has 4 fully saturated rings. The molecule has 0 aromatic carbocycles. The van der Waals surface area contributed by atoms with Gasteiger partial charge in [-0.1, -0.05) is 6.92 Å². The Bertz CT molecular complexity index is 353. The van der Waals surface area contributed by atoms with Crippen molar-refractivity contribution in [2.24, 2.45) is 17.8 Å². The van der Waals surface area contributed by atoms with Crippen molar-refractivity contribution in [3.8, 4) is 0 Å². The molecule has 0 radical (unpaired) electrons. The van der Waals surface area contributed by atoms with E-state index in [-0.39, 0.29) is 5.54 Å². The van der Waals surface area contributed by atoms with Gasteiger partial charge in [-0.25, -0.2) is 0 Å². The van der Waals surface area contributed by atoms with Gasteiger partial charge in [-0.3, -0.25) is 9.69 Å². The Labute approximate surface area is 116 Å². The van der Waals surface area contributed by atoms with Gasteiger partial charge >= 0.3 is 5.97 Å². The highest BCUT2D eigenvalue weighted by Crippen LogP contribution is 2.58. The first-order valence-electron chi connectivity index (χ1n) is 7.88. The monoisotopic (exact) mass is 265 g/mol. The zero-order valence-corrected chi connectivity index (χ0v) is 12.5. The smallest absolute Gasteiger partial charge is 0.323 e. The maximum atomic E-state index is 11.7. The third kappa shape index (κ3) is 1.93. The van der Waals surface area contributed by atoms with E-state index in [1.54, 1.807) is 0 Å². The van der Waals surface area contributed by atoms with Crippen molar-refractivity contribution in [3.05, 3.63) is 0 Å². The van der Waals surface area contributed by atoms with Crippen molar-refractivity contribution in [1.29, 1.82) is 0 Å². The first kappa shape index (κ1) is 13.4. The zero-order chi connectivity index (χ0) is 13.8. The molecule has 4 bridgehead atoms. The van der Waals surface area contributed by atoms with Crippen LogP contribution in [0.5, 0.6) is 0 Å². The predicted octanol–water partition coefficient (Wildman–Crippen LogP) is 3.14. The summed E-state index contributed by atoms with van der Waals surface area (Å²) in [5.41, 5.74) is -0.550. The van der Waals surface area contributed by atoms with E-state index in [1.165, 1.54) is 38.5 Å². The van der Waals surface area contributed by atoms with Crippen LogP contribution in [0.1, 0.15) is 59.3 Å². The highest BCUT2D eigenvalue weighted by Gasteiger charge is 2.56. The van der Waals surface area contributed by atoms with E-state index in [0.29, 0.717) is 0 Å². The molecule has 1 N–H and O–H groups in total. The molecule has 0 spiro atoms. The van der Waals surface area contributed by atoms with E-state index >= 15 is 0 Å². The summed E-state index contributed by atoms with van der Waals surface area (Å²) in [5.74, 6) is 1.92. The fraction of sp³-hybridized carbons (Fsp3) is 0.938. The zero-order valence-electron chi connectivity index (χ0n) is 12.5. The van der Waals surface area contributed by atoms with Crippen molar-refractivity contribution in [2.45, 2.75) is 70.4 Å². The quantitative estimate of drug-likeness (QED) is 0.849. The summed E-state index contributed by atoms with van der Waals surface area (Å²) in [4.78, 5) is 14.0. The van der Waals surface area contributed by atoms with Gasteiger partial charge in [-0.05, 0) is 76.7 Å². The summed E-state index contributed by atoms with van der Waals surface area (Å²) in [6.07, 6.45) is 7.94. The van der Waals surface area contributed by atoms with Crippen LogP contribution in [-0.2, 0) is 4.79 Å². The highest BCUT2D eigenvalue weighted by molar-refractivity contribution is 5.77. The second-order valence-corrected chi connectivity index (χ2v) is 7.75. The van der Waals surface area contributed by atoms with E-state index in [4.69, 9.17) is 0 Å². The Balaban J connectivity index is 1.93. The predicted molar refractivity (Wildman–Crippen MR) is 75.0 cm³/mol. The molecule has 0 unspecified atom stereocenters. The lowest BCUT2D eigenvalue weighted by Crippen LogP contribution is -2.67. The molecule has 3 nitrogen and oxygen atoms in total. The molecule has 0 atom stereocenters. The van der Waals surface area contributed by atoms with Crippen molar-refractivity contribution < 1.29 is 9.90 Å². The minimum absolute atomic E-state index is 0.186. The molecule has 0 amide bonds. The first-order chi connectivity index (χ1) is 8.87. The number of hydrogen-bond donors (Lipinski definition) is 1. The maximum Gasteiger partial charge on any atom is 0.323 e. The molecule has 0 aromatic rings. The van der Waals surface area contributed by atoms with Crippen molar-refractivity contribution in [2.75, 3.05) is 6.54 Å². The molecule has 4 saturated carbocycles. The molecule has 0 aliphatic heterocycles. The van der Waals surface area contributed by atoms with Crippen LogP contribution >= 0.6 is 0 Å². The third-order valence-corrected chi connectivity index (χ3v) is 6.09. The van der Waals surface area contributed by atoms with Crippen LogP contribution in [0.3, 0.4) is 0 Å². The van der Waals surface area contributed by atoms with E-state index in [2.05, 4.69) is 11.8 Å². The molecular formula is C16H27NO2. The summed E-state index contributed by atoms with van der Waals surface area (Å²) in [6, 6.07) is 0. The summed E-state index contributed by atoms with van der Waals surface area (Å²) < 4.78 is 0. The molecule has 4 aliphatic rings. The second kappa shape index (κ2) is 4.21. The van der Waals surface area contributed by atoms with Gasteiger partial charge in [-0.2, -0.15) is 0 Å². The number of carbonyl (C=O) groups is 1. The molecule has 4 aliphatic carbocycles. The van der Waals surface area contributed by atoms with Crippen LogP contribution in [0.25, 0.3) is 0 Å². The van der Waals surface area contributed by atoms with Crippen LogP contribution < -0.4 is 0 Å². The number of aliphatic carboxylic acids is 1. The molecule has 0 heterocycles. The average Bonchev–Trinajstić information content (AvgIpc) is 2.26. The van der Waals surface area contributed by atoms with Gasteiger partial charge in [0.2, 0.25) is 0 Å². The van der Waals surface area contributed by atoms with E-state index in [1.807, 2.05) is 13.8 Å². The van der Waals surface area contributed by atoms with Gasteiger partial charge in [0, 0.05) is 5.54 Å². The van der Waals surface area contributed by atoms with Crippen LogP contribution in [-0.4, -0.2) is 33.6 Å². The lowest BCUT2D eigenvalue weighted by Gasteiger charge is -2.62. The third-order valence-electron chi connectivity index (χ3n) is 6.09. The Hall–Kier alpha value is -0.570. The van der Waals surface area contributed by atoms with Gasteiger partial charge in [0.1, 0.15) is 5.54 Å². The number of carboxylic acid groups (broad SMARTS) is 1. The number of nitrogens with zero attached hydrogens (tertiary/aromatic N) is 1. The molecule has 0 saturated heterocycles. The summed E-state index contributed by atoms with van der Waals surface area (Å²) in [6.45, 7) is 6.75. The minimum atomic E-state index is -0.736. The Morgan fingerprint density at radius 2 is 1.58 bits per heavy atom. The SMILES string of the molecule is CCN(C12CC3CC(CC(C3)C1)C2)C(C)(C)C(=O)O. The number of hydrogen-bond acceptors (Lipinski definition) is 2. The highest BCUT2D eigenvalue weighted by atomic mass is 16.4. The van der Waals surface area contributed by atoms with Gasteiger partial charge < -0.3 is 5.11 Å². The maximum absolute atomic E-state index is 11.7. The van der Waals surface area contributed by atoms with Crippen LogP contribution in [0.15, 0.2) is 0 Å². The van der Waals surface area contributed by atoms with Crippen LogP contribution in [0.4, 0.5) is 0 Å². The lowest BCUT2D eigenvalue weighted by atomic mass is 9.52. The average molecular weight is 265 g/mol. The van der Waals surface area contributed by atoms with E-state index in [0.717, 1.165) is 24.3 Å². The fourth-order valence-electron chi connectivity index (χ4n) is 5.83. The summed E-state index contributed by atoms with van der Waals surface area (Å²) in [5, 5.41) is 9.60. The normalized spacial score (nSPS) is 40.9. The standard InChI is InChI=1S/C16H27NO2/c1-4-17(15(2,3)14(18)19)16-8-11-5-12(9-16)7-13(6-11)10-16/h11-13H,4-10H2,1-3H3,(H,18,19). The molecule has 3 heteroatoms. The summed E-state index contributed by atoms with van der Waals surface area (Å²) in [7, 11) is 0. The fourth-order valence-corrected chi connectivity index (χ4v) is 5.83. The topological polar surface area (TPSA) is 40.5 Å². The van der Waals surface area contributed by atoms with Crippen LogP contribution in [0, 0.1) is 17.8 Å². The Morgan fingerprint density at radius 1 is 1.16 bits per heavy atom. The van der Waals surface area contributed by atoms with E-state index in [9.17, 15) is 9.90 Å². The van der Waals surface area contributed by atoms with Crippen LogP contribution in [0.2, 0.25) is 0 Å². The minimum Gasteiger partial charge on any atom is -0.480 e. The first-order valence-corrected chi connectivity index (χ1v) is 7.88. The molecule has 19 heavy (non-hydrogen) atoms. The Morgan fingerprint density at radius 3 is 1.89 bits per heavy atom. The number of carboxylic acids is 1. The summed E-state index contributed by atoms with van der Waals surface area (Å²) >= 11 is 0. The number of rotatable bonds is 4. The largest absolute Gasteiger partial charge is 0.480 e. The van der Waals surface area contributed by atoms with Crippen molar-refractivity contribution in [1.82, 2.24) is 4.90 Å². The van der Waals surface area contributed by atoms with Crippen molar-refractivity contribution in [3.63, 3.8) is 0 Å². The van der Waals surface area contributed by atoms with Gasteiger partial charge in [0.25, 0.3) is 0 Å². The lowest BCUT2D eigenvalue weighted by molar-refractivity contribution is -0.166.